The van der Waals surface area contributed by atoms with Gasteiger partial charge in [0.05, 0.1) is 19.8 Å². The van der Waals surface area contributed by atoms with Crippen molar-refractivity contribution in [3.63, 3.8) is 0 Å². The van der Waals surface area contributed by atoms with Gasteiger partial charge in [0.25, 0.3) is 0 Å². The van der Waals surface area contributed by atoms with Gasteiger partial charge in [-0.2, -0.15) is 0 Å². The lowest BCUT2D eigenvalue weighted by atomic mass is 10.1. The summed E-state index contributed by atoms with van der Waals surface area (Å²) in [5.74, 6) is 0.870. The van der Waals surface area contributed by atoms with E-state index in [4.69, 9.17) is 13.9 Å². The van der Waals surface area contributed by atoms with Gasteiger partial charge in [0.15, 0.2) is 8.32 Å². The van der Waals surface area contributed by atoms with Gasteiger partial charge in [0, 0.05) is 6.61 Å². The van der Waals surface area contributed by atoms with Crippen molar-refractivity contribution >= 4 is 8.32 Å². The van der Waals surface area contributed by atoms with Crippen LogP contribution in [0, 0.1) is 0 Å². The quantitative estimate of drug-likeness (QED) is 0.275. The van der Waals surface area contributed by atoms with Crippen LogP contribution in [0.5, 0.6) is 5.75 Å². The molecule has 1 aromatic rings. The largest absolute Gasteiger partial charge is 0.497 e. The van der Waals surface area contributed by atoms with Crippen molar-refractivity contribution in [2.75, 3.05) is 13.7 Å². The van der Waals surface area contributed by atoms with Crippen molar-refractivity contribution < 1.29 is 13.9 Å². The first-order valence-corrected chi connectivity index (χ1v) is 12.1. The summed E-state index contributed by atoms with van der Waals surface area (Å²) in [5, 5.41) is 0.262. The summed E-state index contributed by atoms with van der Waals surface area (Å²) in [5.41, 5.74) is 1.16. The third-order valence-electron chi connectivity index (χ3n) is 5.01. The van der Waals surface area contributed by atoms with Crippen LogP contribution < -0.4 is 4.74 Å². The molecule has 4 heteroatoms. The van der Waals surface area contributed by atoms with Crippen LogP contribution >= 0.6 is 0 Å². The molecule has 0 heterocycles. The molecule has 1 aromatic carbocycles. The summed E-state index contributed by atoms with van der Waals surface area (Å²) in [6.07, 6.45) is 5.02. The van der Waals surface area contributed by atoms with Gasteiger partial charge in [-0.25, -0.2) is 0 Å². The first-order chi connectivity index (χ1) is 11.7. The number of benzene rings is 1. The van der Waals surface area contributed by atoms with Crippen molar-refractivity contribution in [3.05, 3.63) is 42.5 Å². The van der Waals surface area contributed by atoms with E-state index in [1.807, 2.05) is 30.3 Å². The molecule has 0 spiro atoms. The van der Waals surface area contributed by atoms with E-state index in [2.05, 4.69) is 40.4 Å². The topological polar surface area (TPSA) is 27.7 Å². The van der Waals surface area contributed by atoms with Gasteiger partial charge in [0.2, 0.25) is 0 Å². The van der Waals surface area contributed by atoms with Gasteiger partial charge in [0.1, 0.15) is 5.75 Å². The molecule has 0 bridgehead atoms. The van der Waals surface area contributed by atoms with E-state index in [0.717, 1.165) is 37.2 Å². The van der Waals surface area contributed by atoms with E-state index in [-0.39, 0.29) is 11.1 Å². The van der Waals surface area contributed by atoms with Crippen molar-refractivity contribution in [1.82, 2.24) is 0 Å². The van der Waals surface area contributed by atoms with Crippen LogP contribution in [0.25, 0.3) is 0 Å². The maximum atomic E-state index is 6.25. The summed E-state index contributed by atoms with van der Waals surface area (Å²) in [6.45, 7) is 16.7. The maximum Gasteiger partial charge on any atom is 0.191 e. The lowest BCUT2D eigenvalue weighted by Gasteiger charge is -2.36. The molecule has 0 radical (unpaired) electrons. The van der Waals surface area contributed by atoms with Crippen LogP contribution in [0.4, 0.5) is 0 Å². The zero-order chi connectivity index (χ0) is 18.9. The highest BCUT2D eigenvalue weighted by molar-refractivity contribution is 6.74. The molecule has 0 aliphatic rings. The summed E-state index contributed by atoms with van der Waals surface area (Å²) in [6, 6.07) is 8.03. The minimum Gasteiger partial charge on any atom is -0.497 e. The van der Waals surface area contributed by atoms with Gasteiger partial charge in [-0.3, -0.25) is 0 Å². The Labute approximate surface area is 155 Å². The zero-order valence-electron chi connectivity index (χ0n) is 16.9. The average Bonchev–Trinajstić information content (AvgIpc) is 2.55. The Balaban J connectivity index is 2.39. The SMILES string of the molecule is C=CCC(CCCO[Si](C)(C)C(C)(C)C)OCc1ccc(OC)cc1. The Morgan fingerprint density at radius 2 is 1.80 bits per heavy atom. The Bertz CT molecular complexity index is 503. The molecular formula is C21H36O3Si. The van der Waals surface area contributed by atoms with Crippen LogP contribution in [0.2, 0.25) is 18.1 Å². The molecule has 0 N–H and O–H groups in total. The fourth-order valence-corrected chi connectivity index (χ4v) is 3.33. The van der Waals surface area contributed by atoms with Crippen LogP contribution in [0.15, 0.2) is 36.9 Å². The second kappa shape index (κ2) is 10.1. The first-order valence-electron chi connectivity index (χ1n) is 9.19. The minimum atomic E-state index is -1.65. The first kappa shape index (κ1) is 21.9. The second-order valence-electron chi connectivity index (χ2n) is 8.06. The minimum absolute atomic E-state index is 0.197. The maximum absolute atomic E-state index is 6.25. The monoisotopic (exact) mass is 364 g/mol. The van der Waals surface area contributed by atoms with Crippen LogP contribution in [-0.4, -0.2) is 28.1 Å². The van der Waals surface area contributed by atoms with E-state index < -0.39 is 8.32 Å². The molecule has 0 saturated heterocycles. The second-order valence-corrected chi connectivity index (χ2v) is 12.9. The van der Waals surface area contributed by atoms with Crippen LogP contribution in [0.3, 0.4) is 0 Å². The molecule has 0 aliphatic heterocycles. The van der Waals surface area contributed by atoms with Gasteiger partial charge >= 0.3 is 0 Å². The molecule has 1 unspecified atom stereocenters. The summed E-state index contributed by atoms with van der Waals surface area (Å²) in [4.78, 5) is 0. The predicted octanol–water partition coefficient (Wildman–Crippen LogP) is 5.96. The molecule has 3 nitrogen and oxygen atoms in total. The molecule has 0 amide bonds. The Hall–Kier alpha value is -1.10. The van der Waals surface area contributed by atoms with E-state index in [1.54, 1.807) is 7.11 Å². The van der Waals surface area contributed by atoms with Crippen molar-refractivity contribution in [2.24, 2.45) is 0 Å². The van der Waals surface area contributed by atoms with E-state index in [1.165, 1.54) is 0 Å². The molecule has 142 valence electrons. The molecule has 0 aromatic heterocycles. The number of ether oxygens (including phenoxy) is 2. The highest BCUT2D eigenvalue weighted by Gasteiger charge is 2.36. The van der Waals surface area contributed by atoms with Crippen LogP contribution in [-0.2, 0) is 15.8 Å². The lowest BCUT2D eigenvalue weighted by Crippen LogP contribution is -2.41. The zero-order valence-corrected chi connectivity index (χ0v) is 17.9. The molecule has 1 atom stereocenters. The Morgan fingerprint density at radius 1 is 1.16 bits per heavy atom. The highest BCUT2D eigenvalue weighted by atomic mass is 28.4. The predicted molar refractivity (Wildman–Crippen MR) is 109 cm³/mol. The third kappa shape index (κ3) is 7.76. The molecule has 1 rings (SSSR count). The number of rotatable bonds is 11. The van der Waals surface area contributed by atoms with Gasteiger partial charge in [-0.05, 0) is 55.1 Å². The summed E-state index contributed by atoms with van der Waals surface area (Å²) in [7, 11) is 0.0296. The summed E-state index contributed by atoms with van der Waals surface area (Å²) < 4.78 is 17.5. The normalized spacial score (nSPS) is 13.5. The Kier molecular flexibility index (Phi) is 8.90. The average molecular weight is 365 g/mol. The fourth-order valence-electron chi connectivity index (χ4n) is 2.25. The summed E-state index contributed by atoms with van der Waals surface area (Å²) >= 11 is 0. The third-order valence-corrected chi connectivity index (χ3v) is 9.55. The van der Waals surface area contributed by atoms with E-state index in [9.17, 15) is 0 Å². The number of hydrogen-bond donors (Lipinski definition) is 0. The molecule has 0 fully saturated rings. The number of hydrogen-bond acceptors (Lipinski definition) is 3. The number of methoxy groups -OCH3 is 1. The van der Waals surface area contributed by atoms with Crippen LogP contribution in [0.1, 0.15) is 45.6 Å². The van der Waals surface area contributed by atoms with E-state index in [0.29, 0.717) is 6.61 Å². The molecule has 25 heavy (non-hydrogen) atoms. The Morgan fingerprint density at radius 3 is 2.32 bits per heavy atom. The highest BCUT2D eigenvalue weighted by Crippen LogP contribution is 2.36. The van der Waals surface area contributed by atoms with Gasteiger partial charge in [-0.1, -0.05) is 39.0 Å². The smallest absolute Gasteiger partial charge is 0.191 e. The molecule has 0 saturated carbocycles. The fraction of sp³-hybridized carbons (Fsp3) is 0.619. The van der Waals surface area contributed by atoms with Crippen molar-refractivity contribution in [3.8, 4) is 5.75 Å². The molecular weight excluding hydrogens is 328 g/mol. The van der Waals surface area contributed by atoms with Crippen molar-refractivity contribution in [2.45, 2.75) is 70.9 Å². The lowest BCUT2D eigenvalue weighted by molar-refractivity contribution is 0.0331. The standard InChI is InChI=1S/C21H36O3Si/c1-8-10-20(11-9-16-24-25(6,7)21(2,3)4)23-17-18-12-14-19(22-5)15-13-18/h8,12-15,20H,1,9-11,16-17H2,2-7H3. The molecule has 0 aliphatic carbocycles. The van der Waals surface area contributed by atoms with Gasteiger partial charge in [-0.15, -0.1) is 6.58 Å². The van der Waals surface area contributed by atoms with Gasteiger partial charge < -0.3 is 13.9 Å². The van der Waals surface area contributed by atoms with E-state index >= 15 is 0 Å². The van der Waals surface area contributed by atoms with Crippen molar-refractivity contribution in [1.29, 1.82) is 0 Å².